The first-order valence-electron chi connectivity index (χ1n) is 5.18. The van der Waals surface area contributed by atoms with Crippen molar-refractivity contribution in [3.63, 3.8) is 0 Å². The summed E-state index contributed by atoms with van der Waals surface area (Å²) in [6, 6.07) is 4.04. The number of anilines is 1. The van der Waals surface area contributed by atoms with Crippen LogP contribution in [0.3, 0.4) is 0 Å². The second-order valence-corrected chi connectivity index (χ2v) is 4.25. The number of carbonyl (C=O) groups excluding carboxylic acids is 1. The van der Waals surface area contributed by atoms with Crippen LogP contribution in [-0.2, 0) is 4.79 Å². The molecule has 4 heteroatoms. The van der Waals surface area contributed by atoms with E-state index in [-0.39, 0.29) is 5.91 Å². The first-order valence-corrected chi connectivity index (χ1v) is 5.18. The molecule has 0 spiro atoms. The lowest BCUT2D eigenvalue weighted by atomic mass is 10.0. The van der Waals surface area contributed by atoms with E-state index in [1.165, 1.54) is 0 Å². The number of rotatable bonds is 1. The molecule has 0 saturated carbocycles. The fraction of sp³-hybridized carbons (Fsp3) is 0.333. The summed E-state index contributed by atoms with van der Waals surface area (Å²) in [5.74, 6) is -0.127. The zero-order valence-corrected chi connectivity index (χ0v) is 9.96. The third-order valence-electron chi connectivity index (χ3n) is 2.49. The number of nitrogens with one attached hydrogen (secondary N) is 1. The van der Waals surface area contributed by atoms with Crippen molar-refractivity contribution in [2.24, 2.45) is 5.10 Å². The lowest BCUT2D eigenvalue weighted by molar-refractivity contribution is -0.110. The first-order chi connectivity index (χ1) is 7.49. The van der Waals surface area contributed by atoms with E-state index in [0.29, 0.717) is 5.71 Å². The lowest BCUT2D eigenvalue weighted by Crippen LogP contribution is -2.18. The van der Waals surface area contributed by atoms with E-state index in [1.807, 2.05) is 19.9 Å². The zero-order chi connectivity index (χ0) is 11.9. The number of carbonyl (C=O) groups is 1. The fourth-order valence-corrected chi connectivity index (χ4v) is 1.91. The molecule has 1 aromatic carbocycles. The third kappa shape index (κ3) is 1.66. The van der Waals surface area contributed by atoms with Crippen LogP contribution < -0.4 is 5.32 Å². The quantitative estimate of drug-likeness (QED) is 0.725. The summed E-state index contributed by atoms with van der Waals surface area (Å²) in [6.45, 7) is 4.01. The second kappa shape index (κ2) is 3.63. The molecule has 1 heterocycles. The van der Waals surface area contributed by atoms with Gasteiger partial charge in [-0.25, -0.2) is 0 Å². The van der Waals surface area contributed by atoms with Gasteiger partial charge in [-0.3, -0.25) is 4.79 Å². The van der Waals surface area contributed by atoms with Crippen molar-refractivity contribution in [2.45, 2.75) is 13.8 Å². The van der Waals surface area contributed by atoms with Gasteiger partial charge in [0.05, 0.1) is 5.69 Å². The summed E-state index contributed by atoms with van der Waals surface area (Å²) >= 11 is 0. The number of nitrogens with zero attached hydrogens (tertiary/aromatic N) is 2. The number of hydrogen-bond donors (Lipinski definition) is 1. The number of hydrazone groups is 1. The van der Waals surface area contributed by atoms with E-state index >= 15 is 0 Å². The third-order valence-corrected chi connectivity index (χ3v) is 2.49. The van der Waals surface area contributed by atoms with E-state index < -0.39 is 0 Å². The Morgan fingerprint density at radius 1 is 1.25 bits per heavy atom. The van der Waals surface area contributed by atoms with Crippen LogP contribution >= 0.6 is 0 Å². The van der Waals surface area contributed by atoms with Crippen LogP contribution in [-0.4, -0.2) is 30.7 Å². The molecule has 0 unspecified atom stereocenters. The van der Waals surface area contributed by atoms with Crippen LogP contribution in [0.25, 0.3) is 0 Å². The standard InChI is InChI=1S/C12H15N3O/c1-7-5-8(2)10-9(6-7)11(12(16)13-10)14-15(3)4/h5-6H,1-4H3,(H,13,14,16). The molecule has 16 heavy (non-hydrogen) atoms. The molecule has 1 aliphatic rings. The molecule has 0 radical (unpaired) electrons. The topological polar surface area (TPSA) is 44.7 Å². The van der Waals surface area contributed by atoms with E-state index in [0.717, 1.165) is 22.4 Å². The zero-order valence-electron chi connectivity index (χ0n) is 9.96. The van der Waals surface area contributed by atoms with E-state index in [2.05, 4.69) is 16.5 Å². The van der Waals surface area contributed by atoms with Crippen molar-refractivity contribution >= 4 is 17.3 Å². The molecule has 1 amide bonds. The largest absolute Gasteiger partial charge is 0.320 e. The Bertz CT molecular complexity index is 489. The Morgan fingerprint density at radius 2 is 1.94 bits per heavy atom. The smallest absolute Gasteiger partial charge is 0.276 e. The van der Waals surface area contributed by atoms with Crippen molar-refractivity contribution in [3.05, 3.63) is 28.8 Å². The van der Waals surface area contributed by atoms with Gasteiger partial charge in [-0.05, 0) is 25.5 Å². The molecule has 84 valence electrons. The fourth-order valence-electron chi connectivity index (χ4n) is 1.91. The van der Waals surface area contributed by atoms with Gasteiger partial charge in [-0.1, -0.05) is 11.6 Å². The van der Waals surface area contributed by atoms with Gasteiger partial charge in [0.15, 0.2) is 5.71 Å². The van der Waals surface area contributed by atoms with Gasteiger partial charge in [-0.15, -0.1) is 0 Å². The number of fused-ring (bicyclic) bond motifs is 1. The van der Waals surface area contributed by atoms with Gasteiger partial charge >= 0.3 is 0 Å². The van der Waals surface area contributed by atoms with Gasteiger partial charge < -0.3 is 10.3 Å². The maximum Gasteiger partial charge on any atom is 0.276 e. The van der Waals surface area contributed by atoms with Crippen molar-refractivity contribution in [2.75, 3.05) is 19.4 Å². The Balaban J connectivity index is 2.61. The van der Waals surface area contributed by atoms with E-state index in [9.17, 15) is 4.79 Å². The molecule has 0 bridgehead atoms. The summed E-state index contributed by atoms with van der Waals surface area (Å²) in [4.78, 5) is 11.8. The number of amides is 1. The molecule has 1 aromatic rings. The Labute approximate surface area is 95.0 Å². The summed E-state index contributed by atoms with van der Waals surface area (Å²) in [5, 5.41) is 8.71. The maximum atomic E-state index is 11.8. The van der Waals surface area contributed by atoms with Crippen molar-refractivity contribution < 1.29 is 4.79 Å². The molecule has 2 rings (SSSR count). The molecule has 0 saturated heterocycles. The van der Waals surface area contributed by atoms with Gasteiger partial charge in [0.2, 0.25) is 0 Å². The minimum atomic E-state index is -0.127. The van der Waals surface area contributed by atoms with Crippen LogP contribution in [0.4, 0.5) is 5.69 Å². The number of benzene rings is 1. The lowest BCUT2D eigenvalue weighted by Gasteiger charge is -2.06. The van der Waals surface area contributed by atoms with Gasteiger partial charge in [-0.2, -0.15) is 5.10 Å². The highest BCUT2D eigenvalue weighted by atomic mass is 16.2. The number of aryl methyl sites for hydroxylation is 2. The van der Waals surface area contributed by atoms with Crippen LogP contribution in [0.5, 0.6) is 0 Å². The van der Waals surface area contributed by atoms with Crippen molar-refractivity contribution in [1.82, 2.24) is 5.01 Å². The van der Waals surface area contributed by atoms with Crippen molar-refractivity contribution in [1.29, 1.82) is 0 Å². The van der Waals surface area contributed by atoms with Gasteiger partial charge in [0.1, 0.15) is 0 Å². The van der Waals surface area contributed by atoms with Crippen LogP contribution in [0.2, 0.25) is 0 Å². The molecular weight excluding hydrogens is 202 g/mol. The molecule has 4 nitrogen and oxygen atoms in total. The van der Waals surface area contributed by atoms with Crippen molar-refractivity contribution in [3.8, 4) is 0 Å². The highest BCUT2D eigenvalue weighted by Gasteiger charge is 2.27. The molecule has 1 N–H and O–H groups in total. The van der Waals surface area contributed by atoms with Crippen LogP contribution in [0.1, 0.15) is 16.7 Å². The molecule has 0 aromatic heterocycles. The summed E-state index contributed by atoms with van der Waals surface area (Å²) in [6.07, 6.45) is 0. The highest BCUT2D eigenvalue weighted by molar-refractivity contribution is 6.53. The molecular formula is C12H15N3O. The number of hydrogen-bond acceptors (Lipinski definition) is 3. The van der Waals surface area contributed by atoms with E-state index in [1.54, 1.807) is 19.1 Å². The maximum absolute atomic E-state index is 11.8. The first kappa shape index (κ1) is 10.7. The summed E-state index contributed by atoms with van der Waals surface area (Å²) in [7, 11) is 3.61. The monoisotopic (exact) mass is 217 g/mol. The predicted molar refractivity (Wildman–Crippen MR) is 64.8 cm³/mol. The molecule has 0 fully saturated rings. The SMILES string of the molecule is Cc1cc(C)c2c(c1)/C(=N/N(C)C)C(=O)N2. The average molecular weight is 217 g/mol. The highest BCUT2D eigenvalue weighted by Crippen LogP contribution is 2.28. The molecule has 0 atom stereocenters. The van der Waals surface area contributed by atoms with Gasteiger partial charge in [0, 0.05) is 19.7 Å². The van der Waals surface area contributed by atoms with E-state index in [4.69, 9.17) is 0 Å². The summed E-state index contributed by atoms with van der Waals surface area (Å²) in [5.41, 5.74) is 4.49. The Kier molecular flexibility index (Phi) is 2.42. The minimum Gasteiger partial charge on any atom is -0.320 e. The Morgan fingerprint density at radius 3 is 2.56 bits per heavy atom. The molecule has 0 aliphatic carbocycles. The van der Waals surface area contributed by atoms with Gasteiger partial charge in [0.25, 0.3) is 5.91 Å². The average Bonchev–Trinajstić information content (AvgIpc) is 2.45. The predicted octanol–water partition coefficient (Wildman–Crippen LogP) is 1.52. The van der Waals surface area contributed by atoms with Crippen LogP contribution in [0, 0.1) is 13.8 Å². The van der Waals surface area contributed by atoms with Crippen LogP contribution in [0.15, 0.2) is 17.2 Å². The Hall–Kier alpha value is -1.84. The normalized spacial score (nSPS) is 16.2. The second-order valence-electron chi connectivity index (χ2n) is 4.25. The minimum absolute atomic E-state index is 0.127. The molecule has 1 aliphatic heterocycles. The summed E-state index contributed by atoms with van der Waals surface area (Å²) < 4.78 is 0.